The van der Waals surface area contributed by atoms with Crippen LogP contribution < -0.4 is 5.32 Å². The number of benzene rings is 1. The molecule has 1 unspecified atom stereocenters. The first-order valence-electron chi connectivity index (χ1n) is 6.69. The molecule has 1 saturated carbocycles. The van der Waals surface area contributed by atoms with E-state index >= 15 is 0 Å². The monoisotopic (exact) mass is 297 g/mol. The summed E-state index contributed by atoms with van der Waals surface area (Å²) in [5.41, 5.74) is 0.853. The van der Waals surface area contributed by atoms with Crippen LogP contribution in [0.1, 0.15) is 36.6 Å². The third-order valence-electron chi connectivity index (χ3n) is 3.86. The van der Waals surface area contributed by atoms with Gasteiger partial charge in [0.15, 0.2) is 0 Å². The Morgan fingerprint density at radius 1 is 1.37 bits per heavy atom. The number of carbonyl (C=O) groups is 1. The molecule has 0 bridgehead atoms. The van der Waals surface area contributed by atoms with E-state index in [9.17, 15) is 4.79 Å². The van der Waals surface area contributed by atoms with E-state index in [-0.39, 0.29) is 10.7 Å². The van der Waals surface area contributed by atoms with Crippen LogP contribution in [0.4, 0.5) is 0 Å². The molecular weight excluding hydrogens is 278 g/mol. The molecule has 1 fully saturated rings. The van der Waals surface area contributed by atoms with Gasteiger partial charge in [-0.15, -0.1) is 11.6 Å². The van der Waals surface area contributed by atoms with Crippen LogP contribution in [0.15, 0.2) is 30.3 Å². The zero-order chi connectivity index (χ0) is 13.7. The first kappa shape index (κ1) is 14.7. The highest BCUT2D eigenvalue weighted by Gasteiger charge is 2.33. The molecule has 1 amide bonds. The largest absolute Gasteiger partial charge is 0.353 e. The fourth-order valence-electron chi connectivity index (χ4n) is 2.58. The van der Waals surface area contributed by atoms with Gasteiger partial charge in [0.25, 0.3) is 0 Å². The lowest BCUT2D eigenvalue weighted by atomic mass is 10.1. The average Bonchev–Trinajstić information content (AvgIpc) is 2.94. The van der Waals surface area contributed by atoms with Gasteiger partial charge in [-0.1, -0.05) is 43.2 Å². The molecule has 0 saturated heterocycles. The van der Waals surface area contributed by atoms with E-state index in [4.69, 9.17) is 11.6 Å². The summed E-state index contributed by atoms with van der Waals surface area (Å²) in [4.78, 5) is 12.1. The molecule has 1 aromatic carbocycles. The van der Waals surface area contributed by atoms with E-state index < -0.39 is 5.38 Å². The van der Waals surface area contributed by atoms with Gasteiger partial charge in [-0.3, -0.25) is 4.79 Å². The smallest absolute Gasteiger partial charge is 0.242 e. The molecule has 0 radical (unpaired) electrons. The van der Waals surface area contributed by atoms with Gasteiger partial charge in [0.2, 0.25) is 5.91 Å². The van der Waals surface area contributed by atoms with Crippen molar-refractivity contribution in [2.45, 2.75) is 35.8 Å². The quantitative estimate of drug-likeness (QED) is 0.839. The van der Waals surface area contributed by atoms with Crippen LogP contribution in [0, 0.1) is 0 Å². The maximum absolute atomic E-state index is 12.1. The van der Waals surface area contributed by atoms with Gasteiger partial charge in [-0.05, 0) is 24.7 Å². The van der Waals surface area contributed by atoms with Crippen molar-refractivity contribution >= 4 is 29.3 Å². The standard InChI is InChI=1S/C15H20ClNOS/c1-19-15(9-5-6-10-15)11-17-14(18)13(16)12-7-3-2-4-8-12/h2-4,7-8,13H,5-6,9-11H2,1H3,(H,17,18). The molecule has 1 atom stereocenters. The summed E-state index contributed by atoms with van der Waals surface area (Å²) in [7, 11) is 0. The van der Waals surface area contributed by atoms with E-state index in [2.05, 4.69) is 11.6 Å². The Morgan fingerprint density at radius 3 is 2.58 bits per heavy atom. The molecule has 1 aliphatic rings. The molecule has 0 heterocycles. The summed E-state index contributed by atoms with van der Waals surface area (Å²) in [5, 5.41) is 2.43. The van der Waals surface area contributed by atoms with Crippen LogP contribution in [0.2, 0.25) is 0 Å². The summed E-state index contributed by atoms with van der Waals surface area (Å²) in [6.07, 6.45) is 7.03. The zero-order valence-electron chi connectivity index (χ0n) is 11.2. The number of nitrogens with one attached hydrogen (secondary N) is 1. The molecule has 4 heteroatoms. The van der Waals surface area contributed by atoms with Crippen LogP contribution in [-0.2, 0) is 4.79 Å². The molecule has 1 aliphatic carbocycles. The maximum Gasteiger partial charge on any atom is 0.242 e. The number of thioether (sulfide) groups is 1. The highest BCUT2D eigenvalue weighted by Crippen LogP contribution is 2.39. The molecule has 19 heavy (non-hydrogen) atoms. The lowest BCUT2D eigenvalue weighted by Gasteiger charge is -2.27. The Morgan fingerprint density at radius 2 is 2.00 bits per heavy atom. The van der Waals surface area contributed by atoms with Crippen LogP contribution >= 0.6 is 23.4 Å². The molecule has 0 spiro atoms. The van der Waals surface area contributed by atoms with Crippen molar-refractivity contribution in [3.63, 3.8) is 0 Å². The second-order valence-corrected chi connectivity index (χ2v) is 6.80. The first-order valence-corrected chi connectivity index (χ1v) is 8.35. The van der Waals surface area contributed by atoms with Crippen LogP contribution in [0.3, 0.4) is 0 Å². The lowest BCUT2D eigenvalue weighted by molar-refractivity contribution is -0.120. The minimum Gasteiger partial charge on any atom is -0.353 e. The summed E-state index contributed by atoms with van der Waals surface area (Å²) < 4.78 is 0.225. The topological polar surface area (TPSA) is 29.1 Å². The minimum atomic E-state index is -0.596. The normalized spacial score (nSPS) is 19.1. The molecule has 1 N–H and O–H groups in total. The van der Waals surface area contributed by atoms with Crippen molar-refractivity contribution in [2.24, 2.45) is 0 Å². The fraction of sp³-hybridized carbons (Fsp3) is 0.533. The van der Waals surface area contributed by atoms with E-state index in [1.165, 1.54) is 25.7 Å². The lowest BCUT2D eigenvalue weighted by Crippen LogP contribution is -2.39. The SMILES string of the molecule is CSC1(CNC(=O)C(Cl)c2ccccc2)CCCC1. The highest BCUT2D eigenvalue weighted by molar-refractivity contribution is 8.00. The molecule has 1 aromatic rings. The third-order valence-corrected chi connectivity index (χ3v) is 5.72. The molecule has 2 nitrogen and oxygen atoms in total. The van der Waals surface area contributed by atoms with Gasteiger partial charge < -0.3 is 5.32 Å². The number of rotatable bonds is 5. The summed E-state index contributed by atoms with van der Waals surface area (Å²) in [5.74, 6) is -0.0896. The predicted molar refractivity (Wildman–Crippen MR) is 82.8 cm³/mol. The predicted octanol–water partition coefficient (Wildman–Crippen LogP) is 3.76. The van der Waals surface area contributed by atoms with Crippen LogP contribution in [-0.4, -0.2) is 23.5 Å². The number of alkyl halides is 1. The fourth-order valence-corrected chi connectivity index (χ4v) is 3.72. The summed E-state index contributed by atoms with van der Waals surface area (Å²) in [6, 6.07) is 9.50. The molecule has 104 valence electrons. The van der Waals surface area contributed by atoms with Gasteiger partial charge in [0, 0.05) is 11.3 Å². The van der Waals surface area contributed by atoms with Crippen molar-refractivity contribution in [3.05, 3.63) is 35.9 Å². The van der Waals surface area contributed by atoms with Gasteiger partial charge >= 0.3 is 0 Å². The summed E-state index contributed by atoms with van der Waals surface area (Å²) in [6.45, 7) is 0.725. The minimum absolute atomic E-state index is 0.0896. The molecule has 2 rings (SSSR count). The maximum atomic E-state index is 12.1. The number of hydrogen-bond donors (Lipinski definition) is 1. The van der Waals surface area contributed by atoms with E-state index in [0.717, 1.165) is 12.1 Å². The first-order chi connectivity index (χ1) is 9.17. The van der Waals surface area contributed by atoms with E-state index in [1.807, 2.05) is 42.1 Å². The van der Waals surface area contributed by atoms with E-state index in [0.29, 0.717) is 0 Å². The Labute approximate surface area is 124 Å². The third kappa shape index (κ3) is 3.67. The second kappa shape index (κ2) is 6.67. The Kier molecular flexibility index (Phi) is 5.17. The zero-order valence-corrected chi connectivity index (χ0v) is 12.8. The van der Waals surface area contributed by atoms with Gasteiger partial charge in [0.05, 0.1) is 0 Å². The van der Waals surface area contributed by atoms with Crippen molar-refractivity contribution in [1.82, 2.24) is 5.32 Å². The number of amides is 1. The average molecular weight is 298 g/mol. The van der Waals surface area contributed by atoms with Crippen molar-refractivity contribution in [3.8, 4) is 0 Å². The molecule has 0 aliphatic heterocycles. The van der Waals surface area contributed by atoms with Crippen LogP contribution in [0.5, 0.6) is 0 Å². The Bertz CT molecular complexity index is 417. The van der Waals surface area contributed by atoms with Gasteiger partial charge in [0.1, 0.15) is 5.38 Å². The Balaban J connectivity index is 1.91. The van der Waals surface area contributed by atoms with E-state index in [1.54, 1.807) is 0 Å². The summed E-state index contributed by atoms with van der Waals surface area (Å²) >= 11 is 8.08. The molecule has 0 aromatic heterocycles. The number of hydrogen-bond acceptors (Lipinski definition) is 2. The van der Waals surface area contributed by atoms with Gasteiger partial charge in [-0.2, -0.15) is 11.8 Å². The second-order valence-electron chi connectivity index (χ2n) is 5.09. The van der Waals surface area contributed by atoms with Crippen molar-refractivity contribution < 1.29 is 4.79 Å². The highest BCUT2D eigenvalue weighted by atomic mass is 35.5. The van der Waals surface area contributed by atoms with Gasteiger partial charge in [-0.25, -0.2) is 0 Å². The van der Waals surface area contributed by atoms with Crippen LogP contribution in [0.25, 0.3) is 0 Å². The van der Waals surface area contributed by atoms with Crippen molar-refractivity contribution in [1.29, 1.82) is 0 Å². The van der Waals surface area contributed by atoms with Crippen molar-refractivity contribution in [2.75, 3.05) is 12.8 Å². The number of halogens is 1. The number of carbonyl (C=O) groups excluding carboxylic acids is 1. The Hall–Kier alpha value is -0.670. The molecular formula is C15H20ClNOS.